The summed E-state index contributed by atoms with van der Waals surface area (Å²) >= 11 is 0. The molecule has 0 aromatic heterocycles. The molecule has 1 fully saturated rings. The Labute approximate surface area is 48.7 Å². The maximum atomic E-state index is 8.57. The molecule has 0 spiro atoms. The lowest BCUT2D eigenvalue weighted by Crippen LogP contribution is -2.29. The summed E-state index contributed by atoms with van der Waals surface area (Å²) in [6.07, 6.45) is 0.00926. The molecule has 48 valence electrons. The summed E-state index contributed by atoms with van der Waals surface area (Å²) in [6, 6.07) is 0.306. The van der Waals surface area contributed by atoms with Crippen molar-refractivity contribution < 1.29 is 9.84 Å². The number of nitrogens with one attached hydrogen (secondary N) is 1. The molecule has 1 heterocycles. The van der Waals surface area contributed by atoms with Crippen molar-refractivity contribution in [3.05, 3.63) is 0 Å². The van der Waals surface area contributed by atoms with Gasteiger partial charge >= 0.3 is 0 Å². The van der Waals surface area contributed by atoms with Crippen molar-refractivity contribution in [1.29, 1.82) is 0 Å². The Hall–Kier alpha value is -0.120. The third-order valence-corrected chi connectivity index (χ3v) is 1.44. The maximum Gasteiger partial charge on any atom is 0.0973 e. The molecule has 0 aromatic carbocycles. The average Bonchev–Trinajstić information content (AvgIpc) is 2.14. The van der Waals surface area contributed by atoms with Gasteiger partial charge in [-0.15, -0.1) is 0 Å². The standard InChI is InChI=1S/C5H11NO2/c1-4-5(2-7)8-3-6-4/h4-7H,2-3H2,1H3. The maximum absolute atomic E-state index is 8.57. The van der Waals surface area contributed by atoms with Crippen molar-refractivity contribution in [2.45, 2.75) is 19.1 Å². The van der Waals surface area contributed by atoms with Crippen LogP contribution in [0.15, 0.2) is 0 Å². The molecule has 0 saturated carbocycles. The minimum absolute atomic E-state index is 0.00926. The molecule has 1 saturated heterocycles. The monoisotopic (exact) mass is 117 g/mol. The van der Waals surface area contributed by atoms with Gasteiger partial charge in [-0.3, -0.25) is 5.32 Å². The second-order valence-electron chi connectivity index (χ2n) is 2.02. The molecule has 1 aliphatic heterocycles. The van der Waals surface area contributed by atoms with E-state index in [-0.39, 0.29) is 12.7 Å². The zero-order valence-electron chi connectivity index (χ0n) is 4.92. The van der Waals surface area contributed by atoms with Crippen LogP contribution in [0.25, 0.3) is 0 Å². The SMILES string of the molecule is CC1NCOC1CO. The third kappa shape index (κ3) is 0.992. The van der Waals surface area contributed by atoms with Crippen LogP contribution >= 0.6 is 0 Å². The van der Waals surface area contributed by atoms with Crippen molar-refractivity contribution in [2.24, 2.45) is 0 Å². The molecule has 1 rings (SSSR count). The van der Waals surface area contributed by atoms with E-state index in [1.165, 1.54) is 0 Å². The summed E-state index contributed by atoms with van der Waals surface area (Å²) in [4.78, 5) is 0. The quantitative estimate of drug-likeness (QED) is 0.478. The number of rotatable bonds is 1. The van der Waals surface area contributed by atoms with Crippen LogP contribution in [0.1, 0.15) is 6.92 Å². The van der Waals surface area contributed by atoms with E-state index in [1.807, 2.05) is 6.92 Å². The van der Waals surface area contributed by atoms with Gasteiger partial charge in [0.2, 0.25) is 0 Å². The molecule has 0 bridgehead atoms. The lowest BCUT2D eigenvalue weighted by atomic mass is 10.2. The van der Waals surface area contributed by atoms with Crippen molar-refractivity contribution >= 4 is 0 Å². The van der Waals surface area contributed by atoms with E-state index in [4.69, 9.17) is 9.84 Å². The molecule has 2 atom stereocenters. The second kappa shape index (κ2) is 2.44. The minimum atomic E-state index is 0.00926. The van der Waals surface area contributed by atoms with Gasteiger partial charge in [0.25, 0.3) is 0 Å². The van der Waals surface area contributed by atoms with Crippen molar-refractivity contribution in [3.8, 4) is 0 Å². The first-order chi connectivity index (χ1) is 3.84. The van der Waals surface area contributed by atoms with Crippen molar-refractivity contribution in [2.75, 3.05) is 13.3 Å². The van der Waals surface area contributed by atoms with Crippen LogP contribution in [0, 0.1) is 0 Å². The predicted molar refractivity (Wildman–Crippen MR) is 29.4 cm³/mol. The van der Waals surface area contributed by atoms with Crippen LogP contribution in [0.5, 0.6) is 0 Å². The van der Waals surface area contributed by atoms with Gasteiger partial charge in [0.1, 0.15) is 0 Å². The first kappa shape index (κ1) is 6.01. The highest BCUT2D eigenvalue weighted by atomic mass is 16.5. The molecule has 0 aliphatic carbocycles. The zero-order chi connectivity index (χ0) is 5.98. The van der Waals surface area contributed by atoms with Crippen LogP contribution < -0.4 is 5.32 Å². The van der Waals surface area contributed by atoms with E-state index in [9.17, 15) is 0 Å². The number of ether oxygens (including phenoxy) is 1. The number of aliphatic hydroxyl groups excluding tert-OH is 1. The van der Waals surface area contributed by atoms with E-state index in [0.29, 0.717) is 12.8 Å². The first-order valence-electron chi connectivity index (χ1n) is 2.80. The minimum Gasteiger partial charge on any atom is -0.394 e. The fourth-order valence-corrected chi connectivity index (χ4v) is 0.773. The Morgan fingerprint density at radius 3 is 2.88 bits per heavy atom. The summed E-state index contributed by atoms with van der Waals surface area (Å²) in [6.45, 7) is 2.69. The number of aliphatic hydroxyl groups is 1. The van der Waals surface area contributed by atoms with Gasteiger partial charge in [0, 0.05) is 6.04 Å². The molecule has 0 amide bonds. The van der Waals surface area contributed by atoms with Crippen molar-refractivity contribution in [1.82, 2.24) is 5.32 Å². The van der Waals surface area contributed by atoms with Gasteiger partial charge in [-0.1, -0.05) is 0 Å². The molecule has 8 heavy (non-hydrogen) atoms. The highest BCUT2D eigenvalue weighted by molar-refractivity contribution is 4.74. The highest BCUT2D eigenvalue weighted by Gasteiger charge is 2.21. The van der Waals surface area contributed by atoms with Crippen LogP contribution in [0.4, 0.5) is 0 Å². The topological polar surface area (TPSA) is 41.5 Å². The van der Waals surface area contributed by atoms with E-state index >= 15 is 0 Å². The van der Waals surface area contributed by atoms with Crippen LogP contribution in [-0.2, 0) is 4.74 Å². The summed E-state index contributed by atoms with van der Waals surface area (Å²) in [5, 5.41) is 11.6. The van der Waals surface area contributed by atoms with E-state index < -0.39 is 0 Å². The largest absolute Gasteiger partial charge is 0.394 e. The van der Waals surface area contributed by atoms with Gasteiger partial charge in [-0.2, -0.15) is 0 Å². The third-order valence-electron chi connectivity index (χ3n) is 1.44. The van der Waals surface area contributed by atoms with E-state index in [1.54, 1.807) is 0 Å². The Balaban J connectivity index is 2.30. The van der Waals surface area contributed by atoms with Crippen LogP contribution in [-0.4, -0.2) is 30.6 Å². The Morgan fingerprint density at radius 1 is 1.88 bits per heavy atom. The number of hydrogen-bond donors (Lipinski definition) is 2. The summed E-state index contributed by atoms with van der Waals surface area (Å²) in [7, 11) is 0. The van der Waals surface area contributed by atoms with Gasteiger partial charge in [-0.25, -0.2) is 0 Å². The van der Waals surface area contributed by atoms with Gasteiger partial charge in [-0.05, 0) is 6.92 Å². The summed E-state index contributed by atoms with van der Waals surface area (Å²) in [5.74, 6) is 0. The normalized spacial score (nSPS) is 38.2. The molecule has 0 radical (unpaired) electrons. The van der Waals surface area contributed by atoms with Gasteiger partial charge in [0.05, 0.1) is 19.4 Å². The molecule has 2 N–H and O–H groups in total. The van der Waals surface area contributed by atoms with E-state index in [2.05, 4.69) is 5.32 Å². The fraction of sp³-hybridized carbons (Fsp3) is 1.00. The predicted octanol–water partition coefficient (Wildman–Crippen LogP) is -0.687. The smallest absolute Gasteiger partial charge is 0.0973 e. The zero-order valence-corrected chi connectivity index (χ0v) is 4.92. The molecular formula is C5H11NO2. The van der Waals surface area contributed by atoms with Crippen molar-refractivity contribution in [3.63, 3.8) is 0 Å². The van der Waals surface area contributed by atoms with E-state index in [0.717, 1.165) is 0 Å². The lowest BCUT2D eigenvalue weighted by molar-refractivity contribution is 0.0537. The van der Waals surface area contributed by atoms with Crippen LogP contribution in [0.2, 0.25) is 0 Å². The Bertz CT molecular complexity index is 76.8. The Morgan fingerprint density at radius 2 is 2.62 bits per heavy atom. The summed E-state index contributed by atoms with van der Waals surface area (Å²) in [5.41, 5.74) is 0. The summed E-state index contributed by atoms with van der Waals surface area (Å²) < 4.78 is 5.05. The van der Waals surface area contributed by atoms with Crippen LogP contribution in [0.3, 0.4) is 0 Å². The molecule has 2 unspecified atom stereocenters. The molecule has 3 nitrogen and oxygen atoms in total. The molecule has 1 aliphatic rings. The molecular weight excluding hydrogens is 106 g/mol. The Kier molecular flexibility index (Phi) is 1.83. The highest BCUT2D eigenvalue weighted by Crippen LogP contribution is 2.03. The lowest BCUT2D eigenvalue weighted by Gasteiger charge is -2.08. The fourth-order valence-electron chi connectivity index (χ4n) is 0.773. The van der Waals surface area contributed by atoms with Gasteiger partial charge < -0.3 is 9.84 Å². The second-order valence-corrected chi connectivity index (χ2v) is 2.02. The molecule has 3 heteroatoms. The van der Waals surface area contributed by atoms with Gasteiger partial charge in [0.15, 0.2) is 0 Å². The first-order valence-corrected chi connectivity index (χ1v) is 2.80. The molecule has 0 aromatic rings. The number of hydrogen-bond acceptors (Lipinski definition) is 3. The average molecular weight is 117 g/mol.